The number of amides is 2. The molecular weight excluding hydrogens is 264 g/mol. The smallest absolute Gasteiger partial charge is 0.228 e. The van der Waals surface area contributed by atoms with E-state index in [2.05, 4.69) is 16.7 Å². The van der Waals surface area contributed by atoms with Crippen molar-refractivity contribution >= 4 is 17.5 Å². The quantitative estimate of drug-likeness (QED) is 0.898. The molecule has 1 aliphatic rings. The normalized spacial score (nSPS) is 20.8. The third-order valence-electron chi connectivity index (χ3n) is 3.45. The predicted molar refractivity (Wildman–Crippen MR) is 84.0 cm³/mol. The predicted octanol–water partition coefficient (Wildman–Crippen LogP) is 2.79. The van der Waals surface area contributed by atoms with E-state index in [1.165, 1.54) is 0 Å². The Bertz CT molecular complexity index is 552. The Hall–Kier alpha value is -1.84. The van der Waals surface area contributed by atoms with Gasteiger partial charge >= 0.3 is 0 Å². The second-order valence-electron chi connectivity index (χ2n) is 7.05. The lowest BCUT2D eigenvalue weighted by Gasteiger charge is -2.20. The molecule has 21 heavy (non-hydrogen) atoms. The van der Waals surface area contributed by atoms with E-state index in [1.54, 1.807) is 0 Å². The fraction of sp³-hybridized carbons (Fsp3) is 0.529. The Morgan fingerprint density at radius 1 is 1.00 bits per heavy atom. The van der Waals surface area contributed by atoms with E-state index in [4.69, 9.17) is 0 Å². The SMILES string of the molecule is Cc1cc(C)cc(NC(=O)C2CC2C(=O)NC(C)(C)C)c1. The summed E-state index contributed by atoms with van der Waals surface area (Å²) in [6.07, 6.45) is 0.637. The van der Waals surface area contributed by atoms with Gasteiger partial charge < -0.3 is 10.6 Å². The van der Waals surface area contributed by atoms with Gasteiger partial charge in [-0.05, 0) is 64.3 Å². The highest BCUT2D eigenvalue weighted by Crippen LogP contribution is 2.40. The summed E-state index contributed by atoms with van der Waals surface area (Å²) in [4.78, 5) is 24.2. The average molecular weight is 288 g/mol. The first kappa shape index (κ1) is 15.5. The highest BCUT2D eigenvalue weighted by molar-refractivity contribution is 5.99. The monoisotopic (exact) mass is 288 g/mol. The highest BCUT2D eigenvalue weighted by Gasteiger charge is 2.48. The number of nitrogens with one attached hydrogen (secondary N) is 2. The van der Waals surface area contributed by atoms with Crippen molar-refractivity contribution in [3.8, 4) is 0 Å². The highest BCUT2D eigenvalue weighted by atomic mass is 16.2. The van der Waals surface area contributed by atoms with Crippen molar-refractivity contribution in [2.24, 2.45) is 11.8 Å². The van der Waals surface area contributed by atoms with E-state index >= 15 is 0 Å². The molecule has 114 valence electrons. The second-order valence-corrected chi connectivity index (χ2v) is 7.05. The van der Waals surface area contributed by atoms with Crippen LogP contribution in [0.1, 0.15) is 38.3 Å². The van der Waals surface area contributed by atoms with Gasteiger partial charge in [0.1, 0.15) is 0 Å². The Morgan fingerprint density at radius 2 is 1.52 bits per heavy atom. The van der Waals surface area contributed by atoms with Crippen molar-refractivity contribution in [3.05, 3.63) is 29.3 Å². The number of aryl methyl sites for hydroxylation is 2. The van der Waals surface area contributed by atoms with Crippen LogP contribution >= 0.6 is 0 Å². The van der Waals surface area contributed by atoms with Crippen molar-refractivity contribution in [2.45, 2.75) is 46.6 Å². The number of hydrogen-bond donors (Lipinski definition) is 2. The summed E-state index contributed by atoms with van der Waals surface area (Å²) in [5.41, 5.74) is 2.78. The number of carbonyl (C=O) groups excluding carboxylic acids is 2. The summed E-state index contributed by atoms with van der Waals surface area (Å²) in [5, 5.41) is 5.84. The molecule has 1 saturated carbocycles. The molecular formula is C17H24N2O2. The first-order valence-corrected chi connectivity index (χ1v) is 7.37. The summed E-state index contributed by atoms with van der Waals surface area (Å²) in [6.45, 7) is 9.83. The van der Waals surface area contributed by atoms with Crippen LogP contribution in [0.5, 0.6) is 0 Å². The summed E-state index contributed by atoms with van der Waals surface area (Å²) >= 11 is 0. The van der Waals surface area contributed by atoms with Crippen LogP contribution in [0, 0.1) is 25.7 Å². The fourth-order valence-corrected chi connectivity index (χ4v) is 2.52. The van der Waals surface area contributed by atoms with Crippen molar-refractivity contribution in [2.75, 3.05) is 5.32 Å². The Balaban J connectivity index is 1.93. The van der Waals surface area contributed by atoms with Crippen molar-refractivity contribution < 1.29 is 9.59 Å². The summed E-state index contributed by atoms with van der Waals surface area (Å²) in [5.74, 6) is -0.472. The van der Waals surface area contributed by atoms with Gasteiger partial charge in [-0.1, -0.05) is 6.07 Å². The van der Waals surface area contributed by atoms with Crippen molar-refractivity contribution in [1.29, 1.82) is 0 Å². The summed E-state index contributed by atoms with van der Waals surface area (Å²) < 4.78 is 0. The van der Waals surface area contributed by atoms with Crippen molar-refractivity contribution in [3.63, 3.8) is 0 Å². The van der Waals surface area contributed by atoms with Gasteiger partial charge in [0.2, 0.25) is 11.8 Å². The van der Waals surface area contributed by atoms with Crippen LogP contribution in [-0.4, -0.2) is 17.4 Å². The first-order chi connectivity index (χ1) is 9.65. The van der Waals surface area contributed by atoms with Gasteiger partial charge in [0.15, 0.2) is 0 Å². The molecule has 2 atom stereocenters. The van der Waals surface area contributed by atoms with E-state index in [0.717, 1.165) is 16.8 Å². The van der Waals surface area contributed by atoms with Crippen molar-refractivity contribution in [1.82, 2.24) is 5.32 Å². The molecule has 0 heterocycles. The van der Waals surface area contributed by atoms with Gasteiger partial charge in [-0.25, -0.2) is 0 Å². The van der Waals surface area contributed by atoms with Gasteiger partial charge in [-0.2, -0.15) is 0 Å². The molecule has 0 aliphatic heterocycles. The van der Waals surface area contributed by atoms with E-state index in [0.29, 0.717) is 6.42 Å². The third-order valence-corrected chi connectivity index (χ3v) is 3.45. The standard InChI is InChI=1S/C17H24N2O2/c1-10-6-11(2)8-12(7-10)18-15(20)13-9-14(13)16(21)19-17(3,4)5/h6-8,13-14H,9H2,1-5H3,(H,18,20)(H,19,21). The van der Waals surface area contributed by atoms with Crippen LogP contribution in [0.3, 0.4) is 0 Å². The number of benzene rings is 1. The Labute approximate surface area is 126 Å². The molecule has 0 spiro atoms. The lowest BCUT2D eigenvalue weighted by atomic mass is 10.1. The zero-order valence-electron chi connectivity index (χ0n) is 13.4. The molecule has 1 aromatic rings. The summed E-state index contributed by atoms with van der Waals surface area (Å²) in [6, 6.07) is 5.95. The molecule has 4 nitrogen and oxygen atoms in total. The van der Waals surface area contributed by atoms with Crippen LogP contribution in [0.25, 0.3) is 0 Å². The molecule has 1 fully saturated rings. The molecule has 2 rings (SSSR count). The van der Waals surface area contributed by atoms with Gasteiger partial charge in [-0.15, -0.1) is 0 Å². The van der Waals surface area contributed by atoms with Gasteiger partial charge in [-0.3, -0.25) is 9.59 Å². The first-order valence-electron chi connectivity index (χ1n) is 7.37. The molecule has 0 saturated heterocycles. The molecule has 2 amide bonds. The Morgan fingerprint density at radius 3 is 2.05 bits per heavy atom. The maximum absolute atomic E-state index is 12.2. The lowest BCUT2D eigenvalue weighted by Crippen LogP contribution is -2.42. The maximum Gasteiger partial charge on any atom is 0.228 e. The van der Waals surface area contributed by atoms with Gasteiger partial charge in [0, 0.05) is 11.2 Å². The average Bonchev–Trinajstić information content (AvgIpc) is 3.04. The van der Waals surface area contributed by atoms with Crippen LogP contribution in [0.2, 0.25) is 0 Å². The zero-order valence-corrected chi connectivity index (χ0v) is 13.4. The summed E-state index contributed by atoms with van der Waals surface area (Å²) in [7, 11) is 0. The van der Waals surface area contributed by atoms with Gasteiger partial charge in [0.25, 0.3) is 0 Å². The van der Waals surface area contributed by atoms with Crippen LogP contribution in [0.15, 0.2) is 18.2 Å². The van der Waals surface area contributed by atoms with E-state index in [-0.39, 0.29) is 29.2 Å². The van der Waals surface area contributed by atoms with E-state index in [1.807, 2.05) is 46.8 Å². The maximum atomic E-state index is 12.2. The number of carbonyl (C=O) groups is 2. The number of hydrogen-bond acceptors (Lipinski definition) is 2. The molecule has 0 radical (unpaired) electrons. The lowest BCUT2D eigenvalue weighted by molar-refractivity contribution is -0.126. The Kier molecular flexibility index (Phi) is 4.08. The minimum absolute atomic E-state index is 0.0249. The molecule has 2 N–H and O–H groups in total. The third kappa shape index (κ3) is 4.31. The number of rotatable bonds is 3. The zero-order chi connectivity index (χ0) is 15.8. The van der Waals surface area contributed by atoms with Crippen LogP contribution in [-0.2, 0) is 9.59 Å². The van der Waals surface area contributed by atoms with Crippen LogP contribution in [0.4, 0.5) is 5.69 Å². The minimum Gasteiger partial charge on any atom is -0.351 e. The minimum atomic E-state index is -0.256. The van der Waals surface area contributed by atoms with Gasteiger partial charge in [0.05, 0.1) is 11.8 Å². The van der Waals surface area contributed by atoms with E-state index < -0.39 is 0 Å². The topological polar surface area (TPSA) is 58.2 Å². The molecule has 0 bridgehead atoms. The van der Waals surface area contributed by atoms with E-state index in [9.17, 15) is 9.59 Å². The number of anilines is 1. The molecule has 2 unspecified atom stereocenters. The molecule has 1 aromatic carbocycles. The largest absolute Gasteiger partial charge is 0.351 e. The molecule has 0 aromatic heterocycles. The fourth-order valence-electron chi connectivity index (χ4n) is 2.52. The van der Waals surface area contributed by atoms with Crippen LogP contribution < -0.4 is 10.6 Å². The second kappa shape index (κ2) is 5.51. The molecule has 4 heteroatoms. The molecule has 1 aliphatic carbocycles.